The van der Waals surface area contributed by atoms with Crippen molar-refractivity contribution < 1.29 is 23.1 Å². The smallest absolute Gasteiger partial charge is 0.475 e. The van der Waals surface area contributed by atoms with Crippen LogP contribution in [0.3, 0.4) is 0 Å². The van der Waals surface area contributed by atoms with Gasteiger partial charge in [-0.15, -0.1) is 0 Å². The van der Waals surface area contributed by atoms with Crippen molar-refractivity contribution in [3.8, 4) is 5.69 Å². The molecule has 1 aliphatic rings. The summed E-state index contributed by atoms with van der Waals surface area (Å²) in [4.78, 5) is 24.0. The van der Waals surface area contributed by atoms with Crippen molar-refractivity contribution in [3.63, 3.8) is 0 Å². The molecule has 3 heterocycles. The van der Waals surface area contributed by atoms with Gasteiger partial charge >= 0.3 is 12.1 Å². The lowest BCUT2D eigenvalue weighted by atomic mass is 10.1. The minimum atomic E-state index is -5.08. The van der Waals surface area contributed by atoms with E-state index in [9.17, 15) is 13.2 Å². The molecule has 0 radical (unpaired) electrons. The number of alkyl halides is 3. The van der Waals surface area contributed by atoms with Crippen molar-refractivity contribution >= 4 is 23.4 Å². The Morgan fingerprint density at radius 2 is 1.84 bits per heavy atom. The third kappa shape index (κ3) is 5.88. The summed E-state index contributed by atoms with van der Waals surface area (Å²) in [7, 11) is 0. The first-order valence-electron chi connectivity index (χ1n) is 9.01. The Balaban J connectivity index is 0.000000339. The maximum atomic E-state index is 10.6. The first kappa shape index (κ1) is 22.0. The molecule has 0 saturated carbocycles. The SMILES string of the molecule is Cc1ncn(-c2ccc(Nc3nccc(N4CC(N)C4)n3)cc2)n1.O=C(O)C(F)(F)F. The molecular weight excluding hydrogens is 417 g/mol. The van der Waals surface area contributed by atoms with E-state index in [-0.39, 0.29) is 6.04 Å². The molecular formula is C18H19F3N8O2. The Kier molecular flexibility index (Phi) is 6.34. The van der Waals surface area contributed by atoms with E-state index >= 15 is 0 Å². The number of nitrogens with zero attached hydrogens (tertiary/aromatic N) is 6. The average Bonchev–Trinajstić information content (AvgIpc) is 3.12. The van der Waals surface area contributed by atoms with Crippen molar-refractivity contribution in [2.24, 2.45) is 5.73 Å². The van der Waals surface area contributed by atoms with Crippen LogP contribution in [-0.2, 0) is 4.79 Å². The third-order valence-corrected chi connectivity index (χ3v) is 4.11. The Morgan fingerprint density at radius 3 is 2.35 bits per heavy atom. The monoisotopic (exact) mass is 436 g/mol. The molecule has 1 aromatic carbocycles. The first-order chi connectivity index (χ1) is 14.6. The quantitative estimate of drug-likeness (QED) is 0.560. The number of carbonyl (C=O) groups is 1. The molecule has 0 aliphatic carbocycles. The van der Waals surface area contributed by atoms with Gasteiger partial charge in [0.2, 0.25) is 5.95 Å². The largest absolute Gasteiger partial charge is 0.490 e. The number of nitrogens with one attached hydrogen (secondary N) is 1. The summed E-state index contributed by atoms with van der Waals surface area (Å²) in [6.45, 7) is 3.53. The molecule has 1 saturated heterocycles. The molecule has 4 N–H and O–H groups in total. The number of aliphatic carboxylic acids is 1. The van der Waals surface area contributed by atoms with Crippen LogP contribution in [0.4, 0.5) is 30.6 Å². The van der Waals surface area contributed by atoms with Crippen LogP contribution in [0.25, 0.3) is 5.69 Å². The maximum absolute atomic E-state index is 10.6. The Labute approximate surface area is 174 Å². The highest BCUT2D eigenvalue weighted by atomic mass is 19.4. The summed E-state index contributed by atoms with van der Waals surface area (Å²) < 4.78 is 33.5. The molecule has 13 heteroatoms. The number of carboxylic acids is 1. The number of benzene rings is 1. The van der Waals surface area contributed by atoms with Gasteiger partial charge in [0.25, 0.3) is 0 Å². The normalized spacial score (nSPS) is 13.8. The van der Waals surface area contributed by atoms with Crippen LogP contribution in [-0.4, -0.2) is 61.1 Å². The van der Waals surface area contributed by atoms with E-state index in [0.29, 0.717) is 5.95 Å². The Morgan fingerprint density at radius 1 is 1.19 bits per heavy atom. The molecule has 3 aromatic rings. The van der Waals surface area contributed by atoms with Crippen molar-refractivity contribution in [2.75, 3.05) is 23.3 Å². The molecule has 164 valence electrons. The fraction of sp³-hybridized carbons (Fsp3) is 0.278. The number of hydrogen-bond acceptors (Lipinski definition) is 8. The summed E-state index contributed by atoms with van der Waals surface area (Å²) in [6, 6.07) is 9.99. The van der Waals surface area contributed by atoms with Crippen molar-refractivity contribution in [1.82, 2.24) is 24.7 Å². The summed E-state index contributed by atoms with van der Waals surface area (Å²) in [6.07, 6.45) is -1.64. The summed E-state index contributed by atoms with van der Waals surface area (Å²) in [5, 5.41) is 14.6. The molecule has 31 heavy (non-hydrogen) atoms. The zero-order valence-electron chi connectivity index (χ0n) is 16.3. The van der Waals surface area contributed by atoms with Gasteiger partial charge in [-0.1, -0.05) is 0 Å². The highest BCUT2D eigenvalue weighted by molar-refractivity contribution is 5.73. The molecule has 2 aromatic heterocycles. The van der Waals surface area contributed by atoms with Crippen LogP contribution in [0.2, 0.25) is 0 Å². The number of nitrogens with two attached hydrogens (primary N) is 1. The minimum Gasteiger partial charge on any atom is -0.475 e. The Bertz CT molecular complexity index is 1030. The maximum Gasteiger partial charge on any atom is 0.490 e. The van der Waals surface area contributed by atoms with Gasteiger partial charge in [-0.05, 0) is 37.3 Å². The molecule has 0 atom stereocenters. The van der Waals surface area contributed by atoms with E-state index in [1.165, 1.54) is 0 Å². The van der Waals surface area contributed by atoms with Gasteiger partial charge in [0.15, 0.2) is 0 Å². The predicted octanol–water partition coefficient (Wildman–Crippen LogP) is 1.89. The van der Waals surface area contributed by atoms with E-state index in [1.54, 1.807) is 17.2 Å². The number of aryl methyl sites for hydroxylation is 1. The van der Waals surface area contributed by atoms with E-state index in [4.69, 9.17) is 15.6 Å². The third-order valence-electron chi connectivity index (χ3n) is 4.11. The molecule has 0 amide bonds. The van der Waals surface area contributed by atoms with Crippen LogP contribution < -0.4 is 16.0 Å². The van der Waals surface area contributed by atoms with Gasteiger partial charge in [-0.25, -0.2) is 19.4 Å². The number of rotatable bonds is 4. The summed E-state index contributed by atoms with van der Waals surface area (Å²) in [5.74, 6) is -0.554. The summed E-state index contributed by atoms with van der Waals surface area (Å²) in [5.41, 5.74) is 7.68. The molecule has 1 aliphatic heterocycles. The van der Waals surface area contributed by atoms with Crippen LogP contribution in [0.1, 0.15) is 5.82 Å². The lowest BCUT2D eigenvalue weighted by molar-refractivity contribution is -0.192. The number of hydrogen-bond donors (Lipinski definition) is 3. The highest BCUT2D eigenvalue weighted by Crippen LogP contribution is 2.20. The molecule has 0 unspecified atom stereocenters. The van der Waals surface area contributed by atoms with Gasteiger partial charge in [-0.3, -0.25) is 0 Å². The Hall–Kier alpha value is -3.74. The molecule has 10 nitrogen and oxygen atoms in total. The summed E-state index contributed by atoms with van der Waals surface area (Å²) >= 11 is 0. The zero-order chi connectivity index (χ0) is 22.6. The van der Waals surface area contributed by atoms with Gasteiger partial charge in [-0.2, -0.15) is 23.3 Å². The van der Waals surface area contributed by atoms with Crippen molar-refractivity contribution in [3.05, 3.63) is 48.7 Å². The lowest BCUT2D eigenvalue weighted by Crippen LogP contribution is -2.56. The van der Waals surface area contributed by atoms with Gasteiger partial charge in [0, 0.05) is 31.0 Å². The zero-order valence-corrected chi connectivity index (χ0v) is 16.3. The topological polar surface area (TPSA) is 135 Å². The number of aromatic nitrogens is 5. The van der Waals surface area contributed by atoms with Gasteiger partial charge in [0.1, 0.15) is 18.0 Å². The molecule has 4 rings (SSSR count). The second-order valence-corrected chi connectivity index (χ2v) is 6.61. The second-order valence-electron chi connectivity index (χ2n) is 6.61. The van der Waals surface area contributed by atoms with Crippen molar-refractivity contribution in [1.29, 1.82) is 0 Å². The number of carboxylic acid groups (broad SMARTS) is 1. The fourth-order valence-electron chi connectivity index (χ4n) is 2.58. The van der Waals surface area contributed by atoms with E-state index in [0.717, 1.165) is 36.1 Å². The average molecular weight is 436 g/mol. The fourth-order valence-corrected chi connectivity index (χ4v) is 2.58. The lowest BCUT2D eigenvalue weighted by Gasteiger charge is -2.37. The molecule has 1 fully saturated rings. The highest BCUT2D eigenvalue weighted by Gasteiger charge is 2.38. The van der Waals surface area contributed by atoms with Crippen LogP contribution in [0.15, 0.2) is 42.9 Å². The predicted molar refractivity (Wildman–Crippen MR) is 105 cm³/mol. The number of halogens is 3. The van der Waals surface area contributed by atoms with Crippen LogP contribution >= 0.6 is 0 Å². The van der Waals surface area contributed by atoms with E-state index in [1.807, 2.05) is 37.3 Å². The van der Waals surface area contributed by atoms with Gasteiger partial charge in [0.05, 0.1) is 5.69 Å². The second kappa shape index (κ2) is 8.95. The van der Waals surface area contributed by atoms with Crippen LogP contribution in [0.5, 0.6) is 0 Å². The van der Waals surface area contributed by atoms with E-state index < -0.39 is 12.1 Å². The first-order valence-corrected chi connectivity index (χ1v) is 9.01. The number of anilines is 3. The minimum absolute atomic E-state index is 0.240. The standard InChI is InChI=1S/C16H18N8.C2HF3O2/c1-11-19-10-24(22-11)14-4-2-13(3-5-14)20-16-18-7-6-15(21-16)23-8-12(17)9-23;3-2(4,5)1(6)7/h2-7,10,12H,8-9,17H2,1H3,(H,18,20,21);(H,6,7). The van der Waals surface area contributed by atoms with Crippen LogP contribution in [0, 0.1) is 6.92 Å². The van der Waals surface area contributed by atoms with Gasteiger partial charge < -0.3 is 21.1 Å². The van der Waals surface area contributed by atoms with Crippen molar-refractivity contribution in [2.45, 2.75) is 19.1 Å². The molecule has 0 spiro atoms. The van der Waals surface area contributed by atoms with E-state index in [2.05, 4.69) is 30.3 Å². The molecule has 0 bridgehead atoms.